The van der Waals surface area contributed by atoms with E-state index in [4.69, 9.17) is 4.52 Å². The SMILES string of the molecule is Cc1noc(C)c1CCC(=O)N1C[C@@H]2CC[C@H](C1)N(Cc1ccccn1)C2=O. The summed E-state index contributed by atoms with van der Waals surface area (Å²) >= 11 is 0. The van der Waals surface area contributed by atoms with Crippen molar-refractivity contribution in [3.8, 4) is 0 Å². The average molecular weight is 382 g/mol. The van der Waals surface area contributed by atoms with Crippen molar-refractivity contribution >= 4 is 11.8 Å². The van der Waals surface area contributed by atoms with Gasteiger partial charge in [-0.25, -0.2) is 0 Å². The van der Waals surface area contributed by atoms with E-state index >= 15 is 0 Å². The molecule has 28 heavy (non-hydrogen) atoms. The van der Waals surface area contributed by atoms with Crippen molar-refractivity contribution in [1.29, 1.82) is 0 Å². The maximum Gasteiger partial charge on any atom is 0.228 e. The Balaban J connectivity index is 1.43. The van der Waals surface area contributed by atoms with E-state index in [0.717, 1.165) is 35.6 Å². The van der Waals surface area contributed by atoms with Crippen LogP contribution in [-0.4, -0.2) is 50.9 Å². The van der Waals surface area contributed by atoms with Crippen molar-refractivity contribution < 1.29 is 14.1 Å². The largest absolute Gasteiger partial charge is 0.361 e. The summed E-state index contributed by atoms with van der Waals surface area (Å²) in [6.45, 7) is 5.42. The fourth-order valence-corrected chi connectivity index (χ4v) is 4.37. The molecule has 148 valence electrons. The van der Waals surface area contributed by atoms with Gasteiger partial charge in [-0.3, -0.25) is 14.6 Å². The van der Waals surface area contributed by atoms with Crippen LogP contribution in [0.25, 0.3) is 0 Å². The first-order valence-corrected chi connectivity index (χ1v) is 9.93. The van der Waals surface area contributed by atoms with E-state index in [2.05, 4.69) is 10.1 Å². The molecule has 2 atom stereocenters. The fourth-order valence-electron chi connectivity index (χ4n) is 4.37. The first-order chi connectivity index (χ1) is 13.5. The van der Waals surface area contributed by atoms with Crippen LogP contribution in [0.1, 0.15) is 42.0 Å². The van der Waals surface area contributed by atoms with E-state index in [1.165, 1.54) is 0 Å². The van der Waals surface area contributed by atoms with Gasteiger partial charge in [-0.1, -0.05) is 11.2 Å². The molecule has 0 unspecified atom stereocenters. The van der Waals surface area contributed by atoms with Gasteiger partial charge in [0.05, 0.1) is 23.9 Å². The fraction of sp³-hybridized carbons (Fsp3) is 0.524. The van der Waals surface area contributed by atoms with Gasteiger partial charge in [0.25, 0.3) is 0 Å². The number of aromatic nitrogens is 2. The molecule has 0 radical (unpaired) electrons. The third-order valence-electron chi connectivity index (χ3n) is 5.97. The predicted octanol–water partition coefficient (Wildman–Crippen LogP) is 2.27. The number of hydrogen-bond donors (Lipinski definition) is 0. The molecule has 0 N–H and O–H groups in total. The van der Waals surface area contributed by atoms with E-state index in [1.807, 2.05) is 41.8 Å². The van der Waals surface area contributed by atoms with Crippen LogP contribution in [-0.2, 0) is 22.6 Å². The number of carbonyl (C=O) groups is 2. The minimum atomic E-state index is -0.106. The number of rotatable bonds is 5. The second kappa shape index (κ2) is 7.73. The molecule has 2 bridgehead atoms. The molecule has 7 heteroatoms. The van der Waals surface area contributed by atoms with E-state index in [1.54, 1.807) is 6.20 Å². The summed E-state index contributed by atoms with van der Waals surface area (Å²) in [7, 11) is 0. The van der Waals surface area contributed by atoms with Crippen molar-refractivity contribution in [2.45, 2.75) is 52.1 Å². The van der Waals surface area contributed by atoms with Crippen molar-refractivity contribution in [1.82, 2.24) is 19.9 Å². The smallest absolute Gasteiger partial charge is 0.228 e. The Morgan fingerprint density at radius 1 is 1.25 bits per heavy atom. The highest BCUT2D eigenvalue weighted by molar-refractivity contribution is 5.83. The van der Waals surface area contributed by atoms with Gasteiger partial charge in [-0.2, -0.15) is 0 Å². The van der Waals surface area contributed by atoms with Gasteiger partial charge in [0, 0.05) is 37.3 Å². The van der Waals surface area contributed by atoms with E-state index in [0.29, 0.717) is 32.5 Å². The summed E-state index contributed by atoms with van der Waals surface area (Å²) in [5.41, 5.74) is 2.75. The van der Waals surface area contributed by atoms with Crippen LogP contribution in [0.4, 0.5) is 0 Å². The van der Waals surface area contributed by atoms with Crippen molar-refractivity contribution in [3.05, 3.63) is 47.1 Å². The summed E-state index contributed by atoms with van der Waals surface area (Å²) in [5, 5.41) is 3.96. The average Bonchev–Trinajstić information content (AvgIpc) is 2.87. The van der Waals surface area contributed by atoms with Crippen LogP contribution >= 0.6 is 0 Å². The molecule has 5 heterocycles. The third-order valence-corrected chi connectivity index (χ3v) is 5.97. The van der Waals surface area contributed by atoms with Crippen LogP contribution in [0, 0.1) is 19.8 Å². The van der Waals surface area contributed by atoms with Crippen LogP contribution in [0.5, 0.6) is 0 Å². The van der Waals surface area contributed by atoms with Crippen LogP contribution in [0.2, 0.25) is 0 Å². The second-order valence-corrected chi connectivity index (χ2v) is 7.82. The molecule has 2 aromatic heterocycles. The molecule has 2 aromatic rings. The number of amides is 2. The number of carbonyl (C=O) groups excluding carboxylic acids is 2. The lowest BCUT2D eigenvalue weighted by molar-refractivity contribution is -0.140. The quantitative estimate of drug-likeness (QED) is 0.793. The lowest BCUT2D eigenvalue weighted by Crippen LogP contribution is -2.47. The Morgan fingerprint density at radius 2 is 2.11 bits per heavy atom. The van der Waals surface area contributed by atoms with Gasteiger partial charge < -0.3 is 14.3 Å². The molecule has 0 aromatic carbocycles. The highest BCUT2D eigenvalue weighted by atomic mass is 16.5. The molecule has 3 fully saturated rings. The lowest BCUT2D eigenvalue weighted by atomic mass is 9.94. The molecule has 0 saturated carbocycles. The first-order valence-electron chi connectivity index (χ1n) is 9.93. The maximum absolute atomic E-state index is 13.0. The van der Waals surface area contributed by atoms with Gasteiger partial charge in [0.2, 0.25) is 11.8 Å². The van der Waals surface area contributed by atoms with Crippen molar-refractivity contribution in [3.63, 3.8) is 0 Å². The summed E-state index contributed by atoms with van der Waals surface area (Å²) in [5.74, 6) is 0.927. The number of pyridine rings is 1. The van der Waals surface area contributed by atoms with Crippen LogP contribution < -0.4 is 0 Å². The summed E-state index contributed by atoms with van der Waals surface area (Å²) in [4.78, 5) is 34.0. The van der Waals surface area contributed by atoms with Gasteiger partial charge in [0.1, 0.15) is 5.76 Å². The number of hydrogen-bond acceptors (Lipinski definition) is 5. The van der Waals surface area contributed by atoms with E-state index in [9.17, 15) is 9.59 Å². The first kappa shape index (κ1) is 18.7. The number of nitrogens with zero attached hydrogens (tertiary/aromatic N) is 4. The Kier molecular flexibility index (Phi) is 5.15. The number of aryl methyl sites for hydroxylation is 2. The number of piperidine rings is 1. The molecule has 3 aliphatic heterocycles. The maximum atomic E-state index is 13.0. The Hall–Kier alpha value is -2.70. The molecule has 3 aliphatic rings. The molecule has 0 aliphatic carbocycles. The summed E-state index contributed by atoms with van der Waals surface area (Å²) in [6, 6.07) is 5.82. The Bertz CT molecular complexity index is 844. The second-order valence-electron chi connectivity index (χ2n) is 7.82. The zero-order chi connectivity index (χ0) is 19.7. The summed E-state index contributed by atoms with van der Waals surface area (Å²) < 4.78 is 5.19. The van der Waals surface area contributed by atoms with Crippen molar-refractivity contribution in [2.75, 3.05) is 13.1 Å². The zero-order valence-electron chi connectivity index (χ0n) is 16.4. The molecule has 3 saturated heterocycles. The summed E-state index contributed by atoms with van der Waals surface area (Å²) in [6.07, 6.45) is 4.58. The van der Waals surface area contributed by atoms with Crippen molar-refractivity contribution in [2.24, 2.45) is 5.92 Å². The van der Waals surface area contributed by atoms with Gasteiger partial charge in [0.15, 0.2) is 0 Å². The lowest BCUT2D eigenvalue weighted by Gasteiger charge is -2.35. The minimum Gasteiger partial charge on any atom is -0.361 e. The van der Waals surface area contributed by atoms with Crippen LogP contribution in [0.3, 0.4) is 0 Å². The predicted molar refractivity (Wildman–Crippen MR) is 102 cm³/mol. The zero-order valence-corrected chi connectivity index (χ0v) is 16.4. The molecule has 7 nitrogen and oxygen atoms in total. The Morgan fingerprint density at radius 3 is 2.82 bits per heavy atom. The molecule has 2 amide bonds. The van der Waals surface area contributed by atoms with E-state index < -0.39 is 0 Å². The highest BCUT2D eigenvalue weighted by Crippen LogP contribution is 2.30. The molecular weight excluding hydrogens is 356 g/mol. The monoisotopic (exact) mass is 382 g/mol. The Labute approximate surface area is 164 Å². The topological polar surface area (TPSA) is 79.5 Å². The third kappa shape index (κ3) is 3.66. The molecular formula is C21H26N4O3. The normalized spacial score (nSPS) is 21.9. The van der Waals surface area contributed by atoms with Gasteiger partial charge >= 0.3 is 0 Å². The molecule has 5 rings (SSSR count). The molecule has 0 spiro atoms. The van der Waals surface area contributed by atoms with Gasteiger partial charge in [-0.05, 0) is 45.2 Å². The van der Waals surface area contributed by atoms with Crippen LogP contribution in [0.15, 0.2) is 28.9 Å². The standard InChI is InChI=1S/C21H26N4O3/c1-14-19(15(2)28-23-14)8-9-20(26)24-11-16-6-7-18(13-24)25(21(16)27)12-17-5-3-4-10-22-17/h3-5,10,16,18H,6-9,11-13H2,1-2H3/t16-,18+/m0/s1. The minimum absolute atomic E-state index is 0.0660. The van der Waals surface area contributed by atoms with E-state index in [-0.39, 0.29) is 23.8 Å². The highest BCUT2D eigenvalue weighted by Gasteiger charge is 2.41. The number of fused-ring (bicyclic) bond motifs is 4. The van der Waals surface area contributed by atoms with Gasteiger partial charge in [-0.15, -0.1) is 0 Å².